The predicted molar refractivity (Wildman–Crippen MR) is 78.8 cm³/mol. The fourth-order valence-electron chi connectivity index (χ4n) is 1.60. The van der Waals surface area contributed by atoms with Crippen molar-refractivity contribution in [2.45, 2.75) is 17.1 Å². The molecule has 0 aliphatic carbocycles. The van der Waals surface area contributed by atoms with Crippen molar-refractivity contribution in [1.82, 2.24) is 4.98 Å². The molecule has 20 heavy (non-hydrogen) atoms. The maximum Gasteiger partial charge on any atom is 0.124 e. The zero-order valence-electron chi connectivity index (χ0n) is 10.8. The molecule has 0 atom stereocenters. The van der Waals surface area contributed by atoms with Crippen molar-refractivity contribution in [3.05, 3.63) is 59.7 Å². The smallest absolute Gasteiger partial charge is 0.124 e. The van der Waals surface area contributed by atoms with Gasteiger partial charge in [0.05, 0.1) is 6.61 Å². The number of benzene rings is 1. The van der Waals surface area contributed by atoms with E-state index >= 15 is 0 Å². The van der Waals surface area contributed by atoms with E-state index in [0.717, 1.165) is 10.5 Å². The van der Waals surface area contributed by atoms with Gasteiger partial charge in [-0.25, -0.2) is 4.39 Å². The number of hydrogen-bond donors (Lipinski definition) is 1. The minimum Gasteiger partial charge on any atom is -0.395 e. The first-order valence-electron chi connectivity index (χ1n) is 6.20. The van der Waals surface area contributed by atoms with Crippen molar-refractivity contribution in [2.75, 3.05) is 6.61 Å². The Morgan fingerprint density at radius 1 is 1.20 bits per heavy atom. The van der Waals surface area contributed by atoms with Crippen molar-refractivity contribution in [3.8, 4) is 11.8 Å². The van der Waals surface area contributed by atoms with Crippen LogP contribution in [0.1, 0.15) is 17.5 Å². The summed E-state index contributed by atoms with van der Waals surface area (Å²) in [5, 5.41) is 8.73. The Morgan fingerprint density at radius 2 is 2.00 bits per heavy atom. The standard InChI is InChI=1S/C16H14FNOS/c17-15-5-4-14(13(11-15)3-1-2-10-19)12-20-16-6-8-18-9-7-16/h4-9,11,19H,2,10,12H2. The van der Waals surface area contributed by atoms with Gasteiger partial charge in [0.15, 0.2) is 0 Å². The molecule has 0 fully saturated rings. The first-order chi connectivity index (χ1) is 9.79. The van der Waals surface area contributed by atoms with Crippen LogP contribution in [0.5, 0.6) is 0 Å². The van der Waals surface area contributed by atoms with E-state index in [4.69, 9.17) is 5.11 Å². The van der Waals surface area contributed by atoms with Gasteiger partial charge in [-0.15, -0.1) is 11.8 Å². The fraction of sp³-hybridized carbons (Fsp3) is 0.188. The van der Waals surface area contributed by atoms with Crippen LogP contribution < -0.4 is 0 Å². The van der Waals surface area contributed by atoms with Gasteiger partial charge in [0.1, 0.15) is 5.82 Å². The Morgan fingerprint density at radius 3 is 2.75 bits per heavy atom. The highest BCUT2D eigenvalue weighted by molar-refractivity contribution is 7.98. The number of aromatic nitrogens is 1. The van der Waals surface area contributed by atoms with Crippen LogP contribution in [0.15, 0.2) is 47.6 Å². The van der Waals surface area contributed by atoms with Gasteiger partial charge in [0.2, 0.25) is 0 Å². The summed E-state index contributed by atoms with van der Waals surface area (Å²) in [6.45, 7) is 0.0173. The summed E-state index contributed by atoms with van der Waals surface area (Å²) in [5.41, 5.74) is 1.67. The normalized spacial score (nSPS) is 9.90. The largest absolute Gasteiger partial charge is 0.395 e. The molecule has 0 saturated carbocycles. The number of aliphatic hydroxyl groups is 1. The lowest BCUT2D eigenvalue weighted by molar-refractivity contribution is 0.305. The highest BCUT2D eigenvalue weighted by atomic mass is 32.2. The molecule has 0 unspecified atom stereocenters. The second kappa shape index (κ2) is 7.68. The number of rotatable bonds is 4. The SMILES string of the molecule is OCCC#Cc1cc(F)ccc1CSc1ccncc1. The van der Waals surface area contributed by atoms with E-state index in [-0.39, 0.29) is 12.4 Å². The van der Waals surface area contributed by atoms with Crippen LogP contribution in [0.4, 0.5) is 4.39 Å². The van der Waals surface area contributed by atoms with Gasteiger partial charge in [0.25, 0.3) is 0 Å². The lowest BCUT2D eigenvalue weighted by Crippen LogP contribution is -1.90. The quantitative estimate of drug-likeness (QED) is 0.692. The van der Waals surface area contributed by atoms with Crippen LogP contribution >= 0.6 is 11.8 Å². The first kappa shape index (κ1) is 14.6. The van der Waals surface area contributed by atoms with E-state index in [1.165, 1.54) is 12.1 Å². The van der Waals surface area contributed by atoms with E-state index < -0.39 is 0 Å². The van der Waals surface area contributed by atoms with E-state index in [0.29, 0.717) is 17.7 Å². The lowest BCUT2D eigenvalue weighted by atomic mass is 10.1. The van der Waals surface area contributed by atoms with Gasteiger partial charge >= 0.3 is 0 Å². The Kier molecular flexibility index (Phi) is 5.60. The molecule has 0 aliphatic heterocycles. The third-order valence-corrected chi connectivity index (χ3v) is 3.64. The van der Waals surface area contributed by atoms with E-state index in [9.17, 15) is 4.39 Å². The molecule has 1 N–H and O–H groups in total. The van der Waals surface area contributed by atoms with Gasteiger partial charge < -0.3 is 5.11 Å². The molecule has 0 bridgehead atoms. The molecule has 0 saturated heterocycles. The average Bonchev–Trinajstić information content (AvgIpc) is 2.48. The summed E-state index contributed by atoms with van der Waals surface area (Å²) in [4.78, 5) is 5.08. The second-order valence-corrected chi connectivity index (χ2v) is 5.10. The molecule has 0 amide bonds. The van der Waals surface area contributed by atoms with Crippen molar-refractivity contribution < 1.29 is 9.50 Å². The summed E-state index contributed by atoms with van der Waals surface area (Å²) in [7, 11) is 0. The first-order valence-corrected chi connectivity index (χ1v) is 7.19. The van der Waals surface area contributed by atoms with Crippen molar-refractivity contribution in [1.29, 1.82) is 0 Å². The van der Waals surface area contributed by atoms with E-state index in [2.05, 4.69) is 16.8 Å². The fourth-order valence-corrected chi connectivity index (χ4v) is 2.49. The summed E-state index contributed by atoms with van der Waals surface area (Å²) in [6, 6.07) is 8.51. The van der Waals surface area contributed by atoms with Crippen LogP contribution in [-0.4, -0.2) is 16.7 Å². The minimum absolute atomic E-state index is 0.0173. The van der Waals surface area contributed by atoms with Crippen LogP contribution in [0, 0.1) is 17.7 Å². The van der Waals surface area contributed by atoms with E-state index in [1.807, 2.05) is 12.1 Å². The molecule has 2 rings (SSSR count). The highest BCUT2D eigenvalue weighted by Gasteiger charge is 2.03. The van der Waals surface area contributed by atoms with Crippen LogP contribution in [0.2, 0.25) is 0 Å². The molecule has 0 radical (unpaired) electrons. The summed E-state index contributed by atoms with van der Waals surface area (Å²) in [6.07, 6.45) is 3.89. The molecule has 1 aromatic carbocycles. The maximum atomic E-state index is 13.3. The number of pyridine rings is 1. The monoisotopic (exact) mass is 287 g/mol. The van der Waals surface area contributed by atoms with Gasteiger partial charge in [0, 0.05) is 35.0 Å². The minimum atomic E-state index is -0.295. The Labute approximate surface area is 122 Å². The van der Waals surface area contributed by atoms with Gasteiger partial charge in [-0.2, -0.15) is 0 Å². The Balaban J connectivity index is 2.13. The van der Waals surface area contributed by atoms with Crippen molar-refractivity contribution >= 4 is 11.8 Å². The van der Waals surface area contributed by atoms with Gasteiger partial charge in [-0.3, -0.25) is 4.98 Å². The van der Waals surface area contributed by atoms with Crippen molar-refractivity contribution in [2.24, 2.45) is 0 Å². The summed E-state index contributed by atoms with van der Waals surface area (Å²) in [5.74, 6) is 6.17. The highest BCUT2D eigenvalue weighted by Crippen LogP contribution is 2.24. The van der Waals surface area contributed by atoms with Crippen molar-refractivity contribution in [3.63, 3.8) is 0 Å². The zero-order chi connectivity index (χ0) is 14.2. The third-order valence-electron chi connectivity index (χ3n) is 2.58. The Bertz CT molecular complexity index is 619. The number of nitrogens with zero attached hydrogens (tertiary/aromatic N) is 1. The van der Waals surface area contributed by atoms with Gasteiger partial charge in [-0.1, -0.05) is 17.9 Å². The molecule has 1 aromatic heterocycles. The van der Waals surface area contributed by atoms with Crippen LogP contribution in [-0.2, 0) is 5.75 Å². The zero-order valence-corrected chi connectivity index (χ0v) is 11.7. The number of hydrogen-bond acceptors (Lipinski definition) is 3. The molecule has 102 valence electrons. The van der Waals surface area contributed by atoms with E-state index in [1.54, 1.807) is 30.2 Å². The summed E-state index contributed by atoms with van der Waals surface area (Å²) < 4.78 is 13.3. The third kappa shape index (κ3) is 4.37. The second-order valence-electron chi connectivity index (χ2n) is 4.05. The van der Waals surface area contributed by atoms with Crippen LogP contribution in [0.25, 0.3) is 0 Å². The molecule has 0 spiro atoms. The molecule has 4 heteroatoms. The van der Waals surface area contributed by atoms with Crippen LogP contribution in [0.3, 0.4) is 0 Å². The maximum absolute atomic E-state index is 13.3. The average molecular weight is 287 g/mol. The Hall–Kier alpha value is -1.83. The summed E-state index contributed by atoms with van der Waals surface area (Å²) >= 11 is 1.65. The molecular formula is C16H14FNOS. The topological polar surface area (TPSA) is 33.1 Å². The molecule has 2 nitrogen and oxygen atoms in total. The lowest BCUT2D eigenvalue weighted by Gasteiger charge is -2.05. The number of aliphatic hydroxyl groups excluding tert-OH is 1. The van der Waals surface area contributed by atoms with Gasteiger partial charge in [-0.05, 0) is 29.8 Å². The molecule has 2 aromatic rings. The number of halogens is 1. The molecular weight excluding hydrogens is 273 g/mol. The number of thioether (sulfide) groups is 1. The molecule has 0 aliphatic rings. The predicted octanol–water partition coefficient (Wildman–Crippen LogP) is 3.25. The molecule has 1 heterocycles.